The summed E-state index contributed by atoms with van der Waals surface area (Å²) in [6, 6.07) is 9.59. The molecule has 2 saturated heterocycles. The van der Waals surface area contributed by atoms with Crippen LogP contribution in [-0.4, -0.2) is 47.0 Å². The van der Waals surface area contributed by atoms with Crippen LogP contribution >= 0.6 is 11.6 Å². The predicted octanol–water partition coefficient (Wildman–Crippen LogP) is 3.83. The van der Waals surface area contributed by atoms with E-state index in [0.29, 0.717) is 10.9 Å². The Hall–Kier alpha value is -1.85. The number of piperidine rings is 1. The van der Waals surface area contributed by atoms with Crippen LogP contribution in [0.5, 0.6) is 0 Å². The molecule has 0 aliphatic carbocycles. The van der Waals surface area contributed by atoms with E-state index in [1.54, 1.807) is 0 Å². The molecule has 6 heteroatoms. The molecule has 0 spiro atoms. The Bertz CT molecular complexity index is 745. The SMILES string of the molecule is O=C(C1CCN(Cc2cc(-c3ccc(Cl)cc3)no2)CC1)N1CCCC1. The van der Waals surface area contributed by atoms with Gasteiger partial charge in [0.15, 0.2) is 5.76 Å². The molecule has 0 unspecified atom stereocenters. The number of hydrogen-bond acceptors (Lipinski definition) is 4. The van der Waals surface area contributed by atoms with E-state index < -0.39 is 0 Å². The Labute approximate surface area is 158 Å². The Morgan fingerprint density at radius 3 is 2.50 bits per heavy atom. The Morgan fingerprint density at radius 2 is 1.81 bits per heavy atom. The molecule has 0 saturated carbocycles. The fourth-order valence-corrected chi connectivity index (χ4v) is 4.02. The summed E-state index contributed by atoms with van der Waals surface area (Å²) in [5.74, 6) is 1.43. The van der Waals surface area contributed by atoms with E-state index >= 15 is 0 Å². The van der Waals surface area contributed by atoms with Crippen LogP contribution < -0.4 is 0 Å². The van der Waals surface area contributed by atoms with Crippen molar-refractivity contribution >= 4 is 17.5 Å². The van der Waals surface area contributed by atoms with Gasteiger partial charge < -0.3 is 9.42 Å². The maximum absolute atomic E-state index is 12.5. The summed E-state index contributed by atoms with van der Waals surface area (Å²) in [5, 5.41) is 4.88. The average molecular weight is 374 g/mol. The van der Waals surface area contributed by atoms with Crippen molar-refractivity contribution in [2.45, 2.75) is 32.2 Å². The minimum atomic E-state index is 0.198. The van der Waals surface area contributed by atoms with Crippen LogP contribution in [0.3, 0.4) is 0 Å². The van der Waals surface area contributed by atoms with Gasteiger partial charge in [-0.15, -0.1) is 0 Å². The number of halogens is 1. The second kappa shape index (κ2) is 7.80. The molecule has 4 rings (SSSR count). The van der Waals surface area contributed by atoms with Gasteiger partial charge in [0.05, 0.1) is 6.54 Å². The largest absolute Gasteiger partial charge is 0.359 e. The second-order valence-electron chi connectivity index (χ2n) is 7.27. The van der Waals surface area contributed by atoms with E-state index in [4.69, 9.17) is 16.1 Å². The van der Waals surface area contributed by atoms with Gasteiger partial charge in [0.1, 0.15) is 5.69 Å². The Balaban J connectivity index is 1.30. The lowest BCUT2D eigenvalue weighted by atomic mass is 9.95. The van der Waals surface area contributed by atoms with Crippen molar-refractivity contribution in [3.63, 3.8) is 0 Å². The summed E-state index contributed by atoms with van der Waals surface area (Å²) in [5.41, 5.74) is 1.83. The lowest BCUT2D eigenvalue weighted by Crippen LogP contribution is -2.41. The number of rotatable bonds is 4. The van der Waals surface area contributed by atoms with E-state index in [9.17, 15) is 4.79 Å². The Morgan fingerprint density at radius 1 is 1.12 bits per heavy atom. The third-order valence-corrected chi connectivity index (χ3v) is 5.68. The molecule has 2 aliphatic rings. The highest BCUT2D eigenvalue weighted by molar-refractivity contribution is 6.30. The van der Waals surface area contributed by atoms with Crippen molar-refractivity contribution in [1.82, 2.24) is 15.0 Å². The van der Waals surface area contributed by atoms with Crippen molar-refractivity contribution in [3.8, 4) is 11.3 Å². The van der Waals surface area contributed by atoms with E-state index in [1.807, 2.05) is 30.3 Å². The van der Waals surface area contributed by atoms with Gasteiger partial charge in [-0.2, -0.15) is 0 Å². The summed E-state index contributed by atoms with van der Waals surface area (Å²) < 4.78 is 5.51. The molecule has 1 amide bonds. The van der Waals surface area contributed by atoms with E-state index in [-0.39, 0.29) is 5.92 Å². The van der Waals surface area contributed by atoms with Gasteiger partial charge in [-0.1, -0.05) is 28.9 Å². The highest BCUT2D eigenvalue weighted by atomic mass is 35.5. The standard InChI is InChI=1S/C20H24ClN3O2/c21-17-5-3-15(4-6-17)19-13-18(26-22-19)14-23-11-7-16(8-12-23)20(25)24-9-1-2-10-24/h3-6,13,16H,1-2,7-12,14H2. The molecule has 1 aromatic carbocycles. The minimum Gasteiger partial charge on any atom is -0.359 e. The number of carbonyl (C=O) groups excluding carboxylic acids is 1. The maximum atomic E-state index is 12.5. The van der Waals surface area contributed by atoms with Crippen LogP contribution in [0.25, 0.3) is 11.3 Å². The molecule has 3 heterocycles. The van der Waals surface area contributed by atoms with Crippen LogP contribution in [0.15, 0.2) is 34.9 Å². The number of likely N-dealkylation sites (tertiary alicyclic amines) is 2. The summed E-state index contributed by atoms with van der Waals surface area (Å²) in [6.45, 7) is 4.50. The highest BCUT2D eigenvalue weighted by Crippen LogP contribution is 2.25. The quantitative estimate of drug-likeness (QED) is 0.817. The molecule has 138 valence electrons. The summed E-state index contributed by atoms with van der Waals surface area (Å²) in [4.78, 5) is 16.9. The molecule has 0 radical (unpaired) electrons. The molecular weight excluding hydrogens is 350 g/mol. The third kappa shape index (κ3) is 3.94. The first kappa shape index (κ1) is 17.6. The van der Waals surface area contributed by atoms with Gasteiger partial charge in [-0.3, -0.25) is 9.69 Å². The number of amides is 1. The van der Waals surface area contributed by atoms with Gasteiger partial charge in [-0.05, 0) is 50.9 Å². The topological polar surface area (TPSA) is 49.6 Å². The summed E-state index contributed by atoms with van der Waals surface area (Å²) in [6.07, 6.45) is 4.19. The zero-order valence-electron chi connectivity index (χ0n) is 14.9. The van der Waals surface area contributed by atoms with Crippen LogP contribution in [0.1, 0.15) is 31.4 Å². The van der Waals surface area contributed by atoms with Gasteiger partial charge in [0.25, 0.3) is 0 Å². The molecule has 5 nitrogen and oxygen atoms in total. The summed E-state index contributed by atoms with van der Waals surface area (Å²) >= 11 is 5.93. The molecule has 1 aromatic heterocycles. The molecule has 0 bridgehead atoms. The van der Waals surface area contributed by atoms with Gasteiger partial charge in [-0.25, -0.2) is 0 Å². The number of carbonyl (C=O) groups is 1. The van der Waals surface area contributed by atoms with E-state index in [0.717, 1.165) is 75.4 Å². The maximum Gasteiger partial charge on any atom is 0.225 e. The number of nitrogens with zero attached hydrogens (tertiary/aromatic N) is 3. The number of hydrogen-bond donors (Lipinski definition) is 0. The van der Waals surface area contributed by atoms with E-state index in [2.05, 4.69) is 15.0 Å². The first-order valence-corrected chi connectivity index (χ1v) is 9.79. The fourth-order valence-electron chi connectivity index (χ4n) is 3.90. The molecule has 0 atom stereocenters. The van der Waals surface area contributed by atoms with Crippen molar-refractivity contribution < 1.29 is 9.32 Å². The number of aromatic nitrogens is 1. The predicted molar refractivity (Wildman–Crippen MR) is 101 cm³/mol. The van der Waals surface area contributed by atoms with Crippen LogP contribution in [0, 0.1) is 5.92 Å². The normalized spacial score (nSPS) is 19.2. The van der Waals surface area contributed by atoms with Gasteiger partial charge in [0, 0.05) is 35.7 Å². The lowest BCUT2D eigenvalue weighted by molar-refractivity contribution is -0.136. The van der Waals surface area contributed by atoms with Crippen LogP contribution in [0.4, 0.5) is 0 Å². The third-order valence-electron chi connectivity index (χ3n) is 5.43. The van der Waals surface area contributed by atoms with Gasteiger partial charge in [0.2, 0.25) is 5.91 Å². The molecule has 0 N–H and O–H groups in total. The zero-order valence-corrected chi connectivity index (χ0v) is 15.6. The van der Waals surface area contributed by atoms with Crippen molar-refractivity contribution in [1.29, 1.82) is 0 Å². The molecule has 2 fully saturated rings. The van der Waals surface area contributed by atoms with Crippen LogP contribution in [-0.2, 0) is 11.3 Å². The smallest absolute Gasteiger partial charge is 0.225 e. The number of benzene rings is 1. The second-order valence-corrected chi connectivity index (χ2v) is 7.70. The average Bonchev–Trinajstić information content (AvgIpc) is 3.35. The monoisotopic (exact) mass is 373 g/mol. The van der Waals surface area contributed by atoms with Crippen LogP contribution in [0.2, 0.25) is 5.02 Å². The molecule has 2 aromatic rings. The van der Waals surface area contributed by atoms with E-state index in [1.165, 1.54) is 0 Å². The first-order chi connectivity index (χ1) is 12.7. The first-order valence-electron chi connectivity index (χ1n) is 9.42. The minimum absolute atomic E-state index is 0.198. The molecular formula is C20H24ClN3O2. The lowest BCUT2D eigenvalue weighted by Gasteiger charge is -2.32. The fraction of sp³-hybridized carbons (Fsp3) is 0.500. The van der Waals surface area contributed by atoms with Crippen molar-refractivity contribution in [3.05, 3.63) is 41.1 Å². The highest BCUT2D eigenvalue weighted by Gasteiger charge is 2.30. The van der Waals surface area contributed by atoms with Crippen molar-refractivity contribution in [2.75, 3.05) is 26.2 Å². The zero-order chi connectivity index (χ0) is 17.9. The van der Waals surface area contributed by atoms with Crippen molar-refractivity contribution in [2.24, 2.45) is 5.92 Å². The molecule has 2 aliphatic heterocycles. The van der Waals surface area contributed by atoms with Gasteiger partial charge >= 0.3 is 0 Å². The Kier molecular flexibility index (Phi) is 5.27. The summed E-state index contributed by atoms with van der Waals surface area (Å²) in [7, 11) is 0. The molecule has 26 heavy (non-hydrogen) atoms.